The van der Waals surface area contributed by atoms with Gasteiger partial charge in [0.15, 0.2) is 0 Å². The number of alkyl halides is 3. The van der Waals surface area contributed by atoms with Crippen LogP contribution in [-0.2, 0) is 16.2 Å². The van der Waals surface area contributed by atoms with E-state index in [2.05, 4.69) is 10.3 Å². The van der Waals surface area contributed by atoms with Gasteiger partial charge in [-0.3, -0.25) is 9.59 Å². The van der Waals surface area contributed by atoms with Crippen LogP contribution in [0.2, 0.25) is 0 Å². The maximum absolute atomic E-state index is 12.8. The van der Waals surface area contributed by atoms with Crippen LogP contribution in [0.15, 0.2) is 41.4 Å². The molecule has 2 aliphatic heterocycles. The minimum Gasteiger partial charge on any atom is -0.356 e. The summed E-state index contributed by atoms with van der Waals surface area (Å²) in [5.41, 5.74) is -0.572. The second-order valence-corrected chi connectivity index (χ2v) is 10.5. The number of anilines is 1. The van der Waals surface area contributed by atoms with Crippen LogP contribution < -0.4 is 10.2 Å². The number of carbonyl (C=O) groups is 2. The number of sulfonamides is 1. The number of piperidine rings is 1. The molecule has 2 aromatic rings. The molecule has 1 aliphatic carbocycles. The molecule has 1 saturated heterocycles. The molecule has 1 aromatic heterocycles. The molecule has 0 spiro atoms. The molecule has 2 fully saturated rings. The van der Waals surface area contributed by atoms with Crippen molar-refractivity contribution in [3.05, 3.63) is 53.2 Å². The lowest BCUT2D eigenvalue weighted by Gasteiger charge is -2.33. The molecule has 1 saturated carbocycles. The summed E-state index contributed by atoms with van der Waals surface area (Å²) < 4.78 is 64.7. The van der Waals surface area contributed by atoms with Crippen molar-refractivity contribution in [2.45, 2.75) is 48.8 Å². The number of amides is 2. The van der Waals surface area contributed by atoms with E-state index in [1.165, 1.54) is 24.3 Å². The van der Waals surface area contributed by atoms with Gasteiger partial charge in [0.05, 0.1) is 11.1 Å². The average molecular weight is 494 g/mol. The van der Waals surface area contributed by atoms with E-state index < -0.39 is 33.6 Å². The molecule has 5 rings (SSSR count). The predicted molar refractivity (Wildman–Crippen MR) is 115 cm³/mol. The minimum atomic E-state index is -4.44. The highest BCUT2D eigenvalue weighted by Gasteiger charge is 2.48. The maximum Gasteiger partial charge on any atom is 0.417 e. The van der Waals surface area contributed by atoms with Crippen LogP contribution >= 0.6 is 0 Å². The highest BCUT2D eigenvalue weighted by Crippen LogP contribution is 2.39. The number of rotatable bonds is 4. The van der Waals surface area contributed by atoms with Gasteiger partial charge in [-0.2, -0.15) is 13.2 Å². The lowest BCUT2D eigenvalue weighted by molar-refractivity contribution is -0.137. The first kappa shape index (κ1) is 22.6. The fourth-order valence-electron chi connectivity index (χ4n) is 4.32. The first-order valence-corrected chi connectivity index (χ1v) is 12.3. The zero-order valence-corrected chi connectivity index (χ0v) is 18.7. The van der Waals surface area contributed by atoms with Gasteiger partial charge in [0.25, 0.3) is 21.8 Å². The average Bonchev–Trinajstić information content (AvgIpc) is 3.60. The Bertz CT molecular complexity index is 1250. The molecule has 34 heavy (non-hydrogen) atoms. The van der Waals surface area contributed by atoms with Crippen LogP contribution in [0.1, 0.15) is 52.0 Å². The molecule has 2 amide bonds. The van der Waals surface area contributed by atoms with Crippen molar-refractivity contribution in [2.75, 3.05) is 18.0 Å². The number of carbonyl (C=O) groups excluding carboxylic acids is 2. The molecule has 3 heterocycles. The van der Waals surface area contributed by atoms with Crippen LogP contribution in [0.5, 0.6) is 0 Å². The highest BCUT2D eigenvalue weighted by atomic mass is 32.2. The summed E-state index contributed by atoms with van der Waals surface area (Å²) in [6, 6.07) is 5.91. The summed E-state index contributed by atoms with van der Waals surface area (Å²) in [7, 11) is -3.95. The Hall–Kier alpha value is -3.15. The van der Waals surface area contributed by atoms with E-state index in [1.807, 2.05) is 4.90 Å². The Labute approximate surface area is 193 Å². The summed E-state index contributed by atoms with van der Waals surface area (Å²) in [5, 5.41) is 2.88. The van der Waals surface area contributed by atoms with Crippen molar-refractivity contribution in [2.24, 2.45) is 0 Å². The number of pyridine rings is 1. The van der Waals surface area contributed by atoms with Crippen LogP contribution in [0, 0.1) is 0 Å². The second-order valence-electron chi connectivity index (χ2n) is 8.69. The smallest absolute Gasteiger partial charge is 0.356 e. The van der Waals surface area contributed by atoms with Gasteiger partial charge >= 0.3 is 6.18 Å². The Kier molecular flexibility index (Phi) is 5.30. The lowest BCUT2D eigenvalue weighted by atomic mass is 10.0. The summed E-state index contributed by atoms with van der Waals surface area (Å²) in [4.78, 5) is 30.9. The SMILES string of the molecule is O=C(NC1CCN(c2ccc(C(F)(F)F)cn2)CC1)c1ccc2c(c1)S(=O)(=O)N(C1CC1)C2=O. The van der Waals surface area contributed by atoms with E-state index in [0.29, 0.717) is 44.6 Å². The number of halogens is 3. The Morgan fingerprint density at radius 1 is 1.06 bits per heavy atom. The number of nitrogens with zero attached hydrogens (tertiary/aromatic N) is 3. The number of fused-ring (bicyclic) bond motifs is 1. The van der Waals surface area contributed by atoms with E-state index in [4.69, 9.17) is 0 Å². The van der Waals surface area contributed by atoms with Crippen molar-refractivity contribution in [3.63, 3.8) is 0 Å². The van der Waals surface area contributed by atoms with Gasteiger partial charge in [0.1, 0.15) is 10.7 Å². The summed E-state index contributed by atoms with van der Waals surface area (Å²) in [6.45, 7) is 0.986. The van der Waals surface area contributed by atoms with E-state index in [1.54, 1.807) is 0 Å². The van der Waals surface area contributed by atoms with Gasteiger partial charge < -0.3 is 10.2 Å². The lowest BCUT2D eigenvalue weighted by Crippen LogP contribution is -2.45. The van der Waals surface area contributed by atoms with Gasteiger partial charge in [-0.1, -0.05) is 0 Å². The first-order valence-electron chi connectivity index (χ1n) is 10.9. The van der Waals surface area contributed by atoms with E-state index in [0.717, 1.165) is 16.6 Å². The van der Waals surface area contributed by atoms with Crippen LogP contribution in [0.4, 0.5) is 19.0 Å². The summed E-state index contributed by atoms with van der Waals surface area (Å²) >= 11 is 0. The van der Waals surface area contributed by atoms with Gasteiger partial charge in [-0.25, -0.2) is 17.7 Å². The third kappa shape index (κ3) is 3.99. The molecule has 0 radical (unpaired) electrons. The Morgan fingerprint density at radius 2 is 1.76 bits per heavy atom. The number of nitrogens with one attached hydrogen (secondary N) is 1. The third-order valence-corrected chi connectivity index (χ3v) is 8.19. The van der Waals surface area contributed by atoms with Crippen molar-refractivity contribution < 1.29 is 31.2 Å². The Morgan fingerprint density at radius 3 is 2.35 bits per heavy atom. The predicted octanol–water partition coefficient (Wildman–Crippen LogP) is 2.81. The Balaban J connectivity index is 1.22. The monoisotopic (exact) mass is 494 g/mol. The van der Waals surface area contributed by atoms with Gasteiger partial charge in [-0.05, 0) is 56.0 Å². The van der Waals surface area contributed by atoms with E-state index >= 15 is 0 Å². The van der Waals surface area contributed by atoms with Gasteiger partial charge in [0.2, 0.25) is 0 Å². The topological polar surface area (TPSA) is 99.7 Å². The van der Waals surface area contributed by atoms with Crippen LogP contribution in [0.3, 0.4) is 0 Å². The van der Waals surface area contributed by atoms with Crippen molar-refractivity contribution in [1.29, 1.82) is 0 Å². The molecule has 12 heteroatoms. The zero-order valence-electron chi connectivity index (χ0n) is 17.9. The van der Waals surface area contributed by atoms with E-state index in [-0.39, 0.29) is 28.1 Å². The second kappa shape index (κ2) is 7.97. The maximum atomic E-state index is 12.8. The fraction of sp³-hybridized carbons (Fsp3) is 0.409. The third-order valence-electron chi connectivity index (χ3n) is 6.32. The van der Waals surface area contributed by atoms with Crippen molar-refractivity contribution in [1.82, 2.24) is 14.6 Å². The standard InChI is InChI=1S/C22H21F3N4O4S/c23-22(24,25)14-2-6-19(26-12-14)28-9-7-15(8-10-28)27-20(30)13-1-5-17-18(11-13)34(32,33)29(21(17)31)16-3-4-16/h1-2,5-6,11-12,15-16H,3-4,7-10H2,(H,27,30). The number of benzene rings is 1. The highest BCUT2D eigenvalue weighted by molar-refractivity contribution is 7.90. The zero-order chi connectivity index (χ0) is 24.3. The molecule has 180 valence electrons. The minimum absolute atomic E-state index is 0.0841. The quantitative estimate of drug-likeness (QED) is 0.702. The van der Waals surface area contributed by atoms with E-state index in [9.17, 15) is 31.2 Å². The van der Waals surface area contributed by atoms with Crippen LogP contribution in [0.25, 0.3) is 0 Å². The van der Waals surface area contributed by atoms with Gasteiger partial charge in [0, 0.05) is 36.9 Å². The van der Waals surface area contributed by atoms with Crippen LogP contribution in [-0.4, -0.2) is 54.7 Å². The molecule has 1 aromatic carbocycles. The molecule has 0 unspecified atom stereocenters. The molecule has 3 aliphatic rings. The van der Waals surface area contributed by atoms with Crippen molar-refractivity contribution in [3.8, 4) is 0 Å². The molecule has 8 nitrogen and oxygen atoms in total. The number of hydrogen-bond donors (Lipinski definition) is 1. The molecular formula is C22H21F3N4O4S. The number of aromatic nitrogens is 1. The first-order chi connectivity index (χ1) is 16.1. The molecule has 0 atom stereocenters. The fourth-order valence-corrected chi connectivity index (χ4v) is 6.16. The largest absolute Gasteiger partial charge is 0.417 e. The molecule has 0 bridgehead atoms. The molecular weight excluding hydrogens is 473 g/mol. The normalized spacial score (nSPS) is 20.4. The summed E-state index contributed by atoms with van der Waals surface area (Å²) in [5.74, 6) is -0.554. The van der Waals surface area contributed by atoms with Crippen molar-refractivity contribution >= 4 is 27.7 Å². The van der Waals surface area contributed by atoms with Gasteiger partial charge in [-0.15, -0.1) is 0 Å². The summed E-state index contributed by atoms with van der Waals surface area (Å²) in [6.07, 6.45) is -1.25. The number of hydrogen-bond acceptors (Lipinski definition) is 6. The molecule has 1 N–H and O–H groups in total.